The van der Waals surface area contributed by atoms with E-state index in [4.69, 9.17) is 9.46 Å². The first kappa shape index (κ1) is 13.9. The van der Waals surface area contributed by atoms with Gasteiger partial charge in [-0.15, -0.1) is 6.58 Å². The second kappa shape index (κ2) is 5.47. The van der Waals surface area contributed by atoms with E-state index in [2.05, 4.69) is 13.1 Å². The van der Waals surface area contributed by atoms with Gasteiger partial charge in [-0.05, 0) is 32.9 Å². The molecule has 0 bridgehead atoms. The van der Waals surface area contributed by atoms with E-state index in [-0.39, 0.29) is 5.60 Å². The number of hydrogen-bond acceptors (Lipinski definition) is 2. The molecule has 0 spiro atoms. The van der Waals surface area contributed by atoms with Crippen molar-refractivity contribution in [3.8, 4) is 0 Å². The van der Waals surface area contributed by atoms with Crippen LogP contribution >= 0.6 is 0 Å². The minimum Gasteiger partial charge on any atom is -0.281 e. The van der Waals surface area contributed by atoms with Crippen LogP contribution in [0.1, 0.15) is 52.9 Å². The zero-order valence-corrected chi connectivity index (χ0v) is 12.2. The van der Waals surface area contributed by atoms with Crippen molar-refractivity contribution in [2.75, 3.05) is 0 Å². The Morgan fingerprint density at radius 2 is 1.75 bits per heavy atom. The van der Waals surface area contributed by atoms with Crippen molar-refractivity contribution in [1.82, 2.24) is 0 Å². The van der Waals surface area contributed by atoms with Crippen molar-refractivity contribution in [2.24, 2.45) is 0 Å². The topological polar surface area (TPSA) is 18.5 Å². The van der Waals surface area contributed by atoms with E-state index in [1.807, 2.05) is 26.5 Å². The van der Waals surface area contributed by atoms with Gasteiger partial charge in [-0.3, -0.25) is 4.58 Å². The maximum Gasteiger partial charge on any atom is 0.262 e. The van der Waals surface area contributed by atoms with Crippen molar-refractivity contribution in [1.29, 1.82) is 0 Å². The van der Waals surface area contributed by atoms with Crippen LogP contribution in [0.3, 0.4) is 0 Å². The van der Waals surface area contributed by atoms with E-state index in [9.17, 15) is 0 Å². The predicted octanol–water partition coefficient (Wildman–Crippen LogP) is 4.37. The highest BCUT2D eigenvalue weighted by Gasteiger charge is 2.39. The quantitative estimate of drug-likeness (QED) is 0.414. The smallest absolute Gasteiger partial charge is 0.262 e. The fraction of sp³-hybridized carbons (Fsp3) is 0.846. The van der Waals surface area contributed by atoms with Gasteiger partial charge < -0.3 is 0 Å². The van der Waals surface area contributed by atoms with Gasteiger partial charge >= 0.3 is 0 Å². The summed E-state index contributed by atoms with van der Waals surface area (Å²) in [5.74, 6) is 0. The minimum absolute atomic E-state index is 0.230. The van der Waals surface area contributed by atoms with Crippen LogP contribution in [0.15, 0.2) is 12.3 Å². The summed E-state index contributed by atoms with van der Waals surface area (Å²) in [5.41, 5.74) is 2.49. The third-order valence-corrected chi connectivity index (χ3v) is 6.74. The Kier molecular flexibility index (Phi) is 4.77. The van der Waals surface area contributed by atoms with E-state index in [0.29, 0.717) is 5.54 Å². The summed E-state index contributed by atoms with van der Waals surface area (Å²) in [7, 11) is -1.89. The van der Waals surface area contributed by atoms with Crippen LogP contribution in [0.25, 0.3) is 0 Å². The molecule has 1 fully saturated rings. The predicted molar refractivity (Wildman–Crippen MR) is 70.6 cm³/mol. The molecular weight excluding hydrogens is 216 g/mol. The van der Waals surface area contributed by atoms with Gasteiger partial charge in [0.05, 0.1) is 5.60 Å². The molecular formula is C13H26O2Si. The maximum absolute atomic E-state index is 5.80. The maximum atomic E-state index is 5.80. The lowest BCUT2D eigenvalue weighted by Crippen LogP contribution is -2.41. The first-order chi connectivity index (χ1) is 7.37. The molecule has 3 heteroatoms. The molecule has 0 heterocycles. The standard InChI is InChI=1S/C13H26O2Si/c1-6-16(5,15-14-13(2,3)4)12-10-8-7-9-11-12/h6,12H,1,7-11H2,2-5H3. The van der Waals surface area contributed by atoms with Gasteiger partial charge in [-0.2, -0.15) is 0 Å². The molecule has 0 aliphatic heterocycles. The molecule has 0 N–H and O–H groups in total. The van der Waals surface area contributed by atoms with Gasteiger partial charge in [0, 0.05) is 0 Å². The summed E-state index contributed by atoms with van der Waals surface area (Å²) >= 11 is 0. The Labute approximate surface area is 101 Å². The molecule has 0 amide bonds. The molecule has 1 rings (SSSR count). The van der Waals surface area contributed by atoms with Gasteiger partial charge in [-0.1, -0.05) is 37.8 Å². The third kappa shape index (κ3) is 4.04. The van der Waals surface area contributed by atoms with Crippen LogP contribution < -0.4 is 0 Å². The average molecular weight is 242 g/mol. The van der Waals surface area contributed by atoms with Crippen molar-refractivity contribution >= 4 is 8.32 Å². The summed E-state index contributed by atoms with van der Waals surface area (Å²) in [6, 6.07) is 0. The largest absolute Gasteiger partial charge is 0.281 e. The van der Waals surface area contributed by atoms with Gasteiger partial charge in [0.2, 0.25) is 0 Å². The van der Waals surface area contributed by atoms with E-state index in [1.54, 1.807) is 0 Å². The molecule has 1 saturated carbocycles. The Balaban J connectivity index is 2.57. The van der Waals surface area contributed by atoms with Crippen molar-refractivity contribution < 1.29 is 9.46 Å². The van der Waals surface area contributed by atoms with E-state index in [1.165, 1.54) is 32.1 Å². The first-order valence-corrected chi connectivity index (χ1v) is 8.94. The molecule has 94 valence electrons. The molecule has 0 aromatic carbocycles. The lowest BCUT2D eigenvalue weighted by atomic mass is 10.0. The minimum atomic E-state index is -1.89. The lowest BCUT2D eigenvalue weighted by molar-refractivity contribution is -0.285. The SMILES string of the molecule is C=C[Si](C)(OOC(C)(C)C)C1CCCCC1. The molecule has 1 atom stereocenters. The van der Waals surface area contributed by atoms with E-state index in [0.717, 1.165) is 0 Å². The first-order valence-electron chi connectivity index (χ1n) is 6.38. The lowest BCUT2D eigenvalue weighted by Gasteiger charge is -2.35. The molecule has 16 heavy (non-hydrogen) atoms. The van der Waals surface area contributed by atoms with Gasteiger partial charge in [0.15, 0.2) is 0 Å². The van der Waals surface area contributed by atoms with Gasteiger partial charge in [-0.25, -0.2) is 4.89 Å². The van der Waals surface area contributed by atoms with Gasteiger partial charge in [0.1, 0.15) is 0 Å². The van der Waals surface area contributed by atoms with Crippen LogP contribution in [-0.4, -0.2) is 13.9 Å². The number of hydrogen-bond donors (Lipinski definition) is 0. The van der Waals surface area contributed by atoms with Crippen LogP contribution in [-0.2, 0) is 9.46 Å². The average Bonchev–Trinajstić information content (AvgIpc) is 2.26. The summed E-state index contributed by atoms with van der Waals surface area (Å²) < 4.78 is 5.80. The molecule has 2 nitrogen and oxygen atoms in total. The molecule has 1 aliphatic carbocycles. The van der Waals surface area contributed by atoms with Gasteiger partial charge in [0.25, 0.3) is 8.32 Å². The summed E-state index contributed by atoms with van der Waals surface area (Å²) in [4.78, 5) is 5.53. The van der Waals surface area contributed by atoms with E-state index >= 15 is 0 Å². The molecule has 1 aliphatic rings. The zero-order chi connectivity index (χ0) is 12.2. The molecule has 1 unspecified atom stereocenters. The normalized spacial score (nSPS) is 22.8. The zero-order valence-electron chi connectivity index (χ0n) is 11.2. The summed E-state index contributed by atoms with van der Waals surface area (Å²) in [6.45, 7) is 12.2. The Morgan fingerprint density at radius 3 is 2.19 bits per heavy atom. The number of rotatable bonds is 4. The Hall–Kier alpha value is -0.123. The highest BCUT2D eigenvalue weighted by Crippen LogP contribution is 2.38. The fourth-order valence-electron chi connectivity index (χ4n) is 2.16. The van der Waals surface area contributed by atoms with Crippen molar-refractivity contribution in [2.45, 2.75) is 70.6 Å². The molecule has 0 radical (unpaired) electrons. The van der Waals surface area contributed by atoms with Crippen LogP contribution in [0.4, 0.5) is 0 Å². The molecule has 0 aromatic heterocycles. The summed E-state index contributed by atoms with van der Waals surface area (Å²) in [6.07, 6.45) is 6.60. The third-order valence-electron chi connectivity index (χ3n) is 3.29. The highest BCUT2D eigenvalue weighted by atomic mass is 28.4. The van der Waals surface area contributed by atoms with Crippen LogP contribution in [0, 0.1) is 0 Å². The highest BCUT2D eigenvalue weighted by molar-refractivity contribution is 6.78. The monoisotopic (exact) mass is 242 g/mol. The van der Waals surface area contributed by atoms with Crippen LogP contribution in [0.2, 0.25) is 12.1 Å². The van der Waals surface area contributed by atoms with Crippen molar-refractivity contribution in [3.63, 3.8) is 0 Å². The van der Waals surface area contributed by atoms with E-state index < -0.39 is 8.32 Å². The molecule has 0 aromatic rings. The molecule has 0 saturated heterocycles. The fourth-order valence-corrected chi connectivity index (χ4v) is 4.68. The summed E-state index contributed by atoms with van der Waals surface area (Å²) in [5, 5.41) is 0. The van der Waals surface area contributed by atoms with Crippen molar-refractivity contribution in [3.05, 3.63) is 12.3 Å². The second-order valence-corrected chi connectivity index (χ2v) is 9.76. The van der Waals surface area contributed by atoms with Crippen LogP contribution in [0.5, 0.6) is 0 Å². The Bertz CT molecular complexity index is 229. The Morgan fingerprint density at radius 1 is 1.19 bits per heavy atom. The second-order valence-electron chi connectivity index (χ2n) is 6.00.